The first-order valence-corrected chi connectivity index (χ1v) is 7.67. The molecule has 2 aromatic rings. The highest BCUT2D eigenvalue weighted by molar-refractivity contribution is 14.1. The maximum absolute atomic E-state index is 5.99. The lowest BCUT2D eigenvalue weighted by Gasteiger charge is -2.12. The van der Waals surface area contributed by atoms with Crippen LogP contribution in [0.5, 0.6) is 5.75 Å². The van der Waals surface area contributed by atoms with Crippen molar-refractivity contribution in [3.8, 4) is 17.1 Å². The molecule has 0 unspecified atom stereocenters. The van der Waals surface area contributed by atoms with E-state index in [4.69, 9.17) is 10.5 Å². The Morgan fingerprint density at radius 1 is 1.20 bits per heavy atom. The summed E-state index contributed by atoms with van der Waals surface area (Å²) < 4.78 is 6.37. The molecule has 2 rings (SSSR count). The Bertz CT molecular complexity index is 597. The number of rotatable bonds is 4. The zero-order valence-electron chi connectivity index (χ0n) is 11.9. The van der Waals surface area contributed by atoms with E-state index in [-0.39, 0.29) is 0 Å². The molecule has 0 saturated carbocycles. The van der Waals surface area contributed by atoms with Crippen LogP contribution < -0.4 is 10.5 Å². The van der Waals surface area contributed by atoms with Gasteiger partial charge in [0, 0.05) is 5.56 Å². The lowest BCUT2D eigenvalue weighted by Crippen LogP contribution is -2.06. The molecule has 0 fully saturated rings. The number of ether oxygens (including phenoxy) is 1. The summed E-state index contributed by atoms with van der Waals surface area (Å²) in [7, 11) is 0. The highest BCUT2D eigenvalue weighted by atomic mass is 127. The van der Waals surface area contributed by atoms with Gasteiger partial charge in [-0.1, -0.05) is 13.8 Å². The van der Waals surface area contributed by atoms with E-state index in [1.54, 1.807) is 0 Å². The van der Waals surface area contributed by atoms with Crippen molar-refractivity contribution >= 4 is 28.4 Å². The second-order valence-corrected chi connectivity index (χ2v) is 5.82. The summed E-state index contributed by atoms with van der Waals surface area (Å²) in [5.41, 5.74) is 7.92. The first-order valence-electron chi connectivity index (χ1n) is 6.59. The van der Waals surface area contributed by atoms with Crippen molar-refractivity contribution in [1.29, 1.82) is 0 Å². The maximum Gasteiger partial charge on any atom is 0.161 e. The number of nitrogens with two attached hydrogens (primary N) is 1. The van der Waals surface area contributed by atoms with Crippen molar-refractivity contribution in [2.45, 2.75) is 26.7 Å². The Morgan fingerprint density at radius 3 is 2.40 bits per heavy atom. The van der Waals surface area contributed by atoms with Crippen molar-refractivity contribution in [1.82, 2.24) is 9.97 Å². The molecular formula is C15H18IN3O. The lowest BCUT2D eigenvalue weighted by molar-refractivity contribution is 0.340. The van der Waals surface area contributed by atoms with Crippen molar-refractivity contribution in [2.24, 2.45) is 0 Å². The average Bonchev–Trinajstić information content (AvgIpc) is 2.42. The van der Waals surface area contributed by atoms with Gasteiger partial charge >= 0.3 is 0 Å². The summed E-state index contributed by atoms with van der Waals surface area (Å²) in [6.45, 7) is 6.83. The van der Waals surface area contributed by atoms with Crippen molar-refractivity contribution in [3.63, 3.8) is 0 Å². The van der Waals surface area contributed by atoms with Gasteiger partial charge in [0.25, 0.3) is 0 Å². The van der Waals surface area contributed by atoms with Gasteiger partial charge in [0.05, 0.1) is 15.9 Å². The molecule has 0 aliphatic carbocycles. The quantitative estimate of drug-likeness (QED) is 0.815. The van der Waals surface area contributed by atoms with Gasteiger partial charge in [0.15, 0.2) is 5.82 Å². The monoisotopic (exact) mass is 383 g/mol. The number of halogens is 1. The first kappa shape index (κ1) is 15.0. The standard InChI is InChI=1S/C15H18IN3O/c1-4-20-11-7-5-10(6-8-11)15-18-13(9(2)3)12(16)14(17)19-15/h5-9H,4H2,1-3H3,(H2,17,18,19). The summed E-state index contributed by atoms with van der Waals surface area (Å²) in [6, 6.07) is 7.75. The predicted molar refractivity (Wildman–Crippen MR) is 89.9 cm³/mol. The Hall–Kier alpha value is -1.37. The minimum absolute atomic E-state index is 0.314. The van der Waals surface area contributed by atoms with Gasteiger partial charge in [-0.2, -0.15) is 0 Å². The van der Waals surface area contributed by atoms with Crippen LogP contribution >= 0.6 is 22.6 Å². The van der Waals surface area contributed by atoms with Crippen LogP contribution in [0.2, 0.25) is 0 Å². The molecule has 20 heavy (non-hydrogen) atoms. The van der Waals surface area contributed by atoms with Gasteiger partial charge in [-0.15, -0.1) is 0 Å². The fraction of sp³-hybridized carbons (Fsp3) is 0.333. The molecule has 0 aliphatic rings. The van der Waals surface area contributed by atoms with Gasteiger partial charge in [-0.3, -0.25) is 0 Å². The molecule has 0 saturated heterocycles. The zero-order chi connectivity index (χ0) is 14.7. The highest BCUT2D eigenvalue weighted by Crippen LogP contribution is 2.27. The Morgan fingerprint density at radius 2 is 1.85 bits per heavy atom. The number of anilines is 1. The highest BCUT2D eigenvalue weighted by Gasteiger charge is 2.14. The minimum Gasteiger partial charge on any atom is -0.494 e. The zero-order valence-corrected chi connectivity index (χ0v) is 14.0. The van der Waals surface area contributed by atoms with Crippen LogP contribution in [0.15, 0.2) is 24.3 Å². The summed E-state index contributed by atoms with van der Waals surface area (Å²) in [5, 5.41) is 0. The van der Waals surface area contributed by atoms with Crippen LogP contribution in [0.3, 0.4) is 0 Å². The van der Waals surface area contributed by atoms with Crippen LogP contribution in [0.4, 0.5) is 5.82 Å². The molecule has 2 N–H and O–H groups in total. The van der Waals surface area contributed by atoms with E-state index >= 15 is 0 Å². The van der Waals surface area contributed by atoms with E-state index < -0.39 is 0 Å². The predicted octanol–water partition coefficient (Wildman–Crippen LogP) is 3.85. The van der Waals surface area contributed by atoms with Crippen molar-refractivity contribution < 1.29 is 4.74 Å². The van der Waals surface area contributed by atoms with E-state index in [2.05, 4.69) is 46.4 Å². The molecule has 1 aromatic carbocycles. The van der Waals surface area contributed by atoms with Crippen molar-refractivity contribution in [2.75, 3.05) is 12.3 Å². The molecule has 0 aliphatic heterocycles. The van der Waals surface area contributed by atoms with E-state index in [9.17, 15) is 0 Å². The molecule has 0 spiro atoms. The first-order chi connectivity index (χ1) is 9.52. The third-order valence-electron chi connectivity index (χ3n) is 2.87. The van der Waals surface area contributed by atoms with Gasteiger partial charge in [-0.25, -0.2) is 9.97 Å². The molecule has 0 radical (unpaired) electrons. The fourth-order valence-corrected chi connectivity index (χ4v) is 2.73. The fourth-order valence-electron chi connectivity index (χ4n) is 1.86. The van der Waals surface area contributed by atoms with Crippen LogP contribution in [-0.4, -0.2) is 16.6 Å². The van der Waals surface area contributed by atoms with Crippen LogP contribution in [-0.2, 0) is 0 Å². The number of hydrogen-bond acceptors (Lipinski definition) is 4. The van der Waals surface area contributed by atoms with Crippen LogP contribution in [0, 0.1) is 3.57 Å². The number of nitrogen functional groups attached to an aromatic ring is 1. The Balaban J connectivity index is 2.42. The molecule has 0 amide bonds. The Labute approximate surface area is 132 Å². The Kier molecular flexibility index (Phi) is 4.80. The molecule has 106 valence electrons. The summed E-state index contributed by atoms with van der Waals surface area (Å²) >= 11 is 2.20. The van der Waals surface area contributed by atoms with Crippen LogP contribution in [0.1, 0.15) is 32.4 Å². The van der Waals surface area contributed by atoms with Gasteiger partial charge < -0.3 is 10.5 Å². The average molecular weight is 383 g/mol. The smallest absolute Gasteiger partial charge is 0.161 e. The van der Waals surface area contributed by atoms with Crippen LogP contribution in [0.25, 0.3) is 11.4 Å². The van der Waals surface area contributed by atoms with E-state index in [0.717, 1.165) is 20.6 Å². The number of hydrogen-bond donors (Lipinski definition) is 1. The molecule has 0 atom stereocenters. The van der Waals surface area contributed by atoms with Gasteiger partial charge in [0.1, 0.15) is 11.6 Å². The normalized spacial score (nSPS) is 10.8. The number of nitrogens with zero attached hydrogens (tertiary/aromatic N) is 2. The molecule has 4 nitrogen and oxygen atoms in total. The van der Waals surface area contributed by atoms with Gasteiger partial charge in [-0.05, 0) is 59.7 Å². The van der Waals surface area contributed by atoms with E-state index in [1.807, 2.05) is 31.2 Å². The van der Waals surface area contributed by atoms with Crippen molar-refractivity contribution in [3.05, 3.63) is 33.5 Å². The largest absolute Gasteiger partial charge is 0.494 e. The number of aromatic nitrogens is 2. The van der Waals surface area contributed by atoms with E-state index in [1.165, 1.54) is 0 Å². The second-order valence-electron chi connectivity index (χ2n) is 4.74. The molecule has 1 aromatic heterocycles. The third kappa shape index (κ3) is 3.20. The summed E-state index contributed by atoms with van der Waals surface area (Å²) in [6.07, 6.45) is 0. The molecule has 0 bridgehead atoms. The third-order valence-corrected chi connectivity index (χ3v) is 3.98. The molecular weight excluding hydrogens is 365 g/mol. The van der Waals surface area contributed by atoms with Gasteiger partial charge in [0.2, 0.25) is 0 Å². The number of benzene rings is 1. The maximum atomic E-state index is 5.99. The molecule has 1 heterocycles. The molecule has 5 heteroatoms. The second kappa shape index (κ2) is 6.39. The minimum atomic E-state index is 0.314. The van der Waals surface area contributed by atoms with E-state index in [0.29, 0.717) is 24.2 Å². The topological polar surface area (TPSA) is 61.0 Å². The SMILES string of the molecule is CCOc1ccc(-c2nc(N)c(I)c(C(C)C)n2)cc1. The summed E-state index contributed by atoms with van der Waals surface area (Å²) in [5.74, 6) is 2.36. The summed E-state index contributed by atoms with van der Waals surface area (Å²) in [4.78, 5) is 9.02. The lowest BCUT2D eigenvalue weighted by atomic mass is 10.1.